The maximum atomic E-state index is 12.4. The Morgan fingerprint density at radius 1 is 1.50 bits per heavy atom. The van der Waals surface area contributed by atoms with Crippen LogP contribution in [0.4, 0.5) is 0 Å². The summed E-state index contributed by atoms with van der Waals surface area (Å²) in [6, 6.07) is 0.00678. The zero-order valence-electron chi connectivity index (χ0n) is 11.0. The lowest BCUT2D eigenvalue weighted by Gasteiger charge is -2.33. The standard InChI is InChI=1S/C12H22N2O4/c1-9(2)14(6-3-4-10(15)16)11(17)12(13)5-7-18-8-12/h9H,3-8,13H2,1-2H3,(H,15,16). The number of nitrogens with two attached hydrogens (primary N) is 1. The molecule has 0 saturated carbocycles. The minimum Gasteiger partial charge on any atom is -0.481 e. The molecule has 1 heterocycles. The fraction of sp³-hybridized carbons (Fsp3) is 0.833. The fourth-order valence-corrected chi connectivity index (χ4v) is 2.03. The molecular formula is C12H22N2O4. The molecular weight excluding hydrogens is 236 g/mol. The van der Waals surface area contributed by atoms with Crippen LogP contribution in [0.15, 0.2) is 0 Å². The molecule has 104 valence electrons. The second-order valence-corrected chi connectivity index (χ2v) is 5.05. The highest BCUT2D eigenvalue weighted by atomic mass is 16.5. The number of hydrogen-bond donors (Lipinski definition) is 2. The maximum Gasteiger partial charge on any atom is 0.303 e. The Morgan fingerprint density at radius 3 is 2.61 bits per heavy atom. The van der Waals surface area contributed by atoms with Crippen molar-refractivity contribution in [3.8, 4) is 0 Å². The third-order valence-electron chi connectivity index (χ3n) is 3.15. The summed E-state index contributed by atoms with van der Waals surface area (Å²) in [6.45, 7) is 4.97. The number of carbonyl (C=O) groups is 2. The third-order valence-corrected chi connectivity index (χ3v) is 3.15. The van der Waals surface area contributed by atoms with Crippen LogP contribution in [0.25, 0.3) is 0 Å². The zero-order chi connectivity index (χ0) is 13.8. The molecule has 1 saturated heterocycles. The molecule has 1 rings (SSSR count). The first-order valence-electron chi connectivity index (χ1n) is 6.26. The van der Waals surface area contributed by atoms with Gasteiger partial charge in [0.2, 0.25) is 5.91 Å². The van der Waals surface area contributed by atoms with Gasteiger partial charge in [-0.15, -0.1) is 0 Å². The first-order chi connectivity index (χ1) is 8.37. The molecule has 0 aromatic rings. The lowest BCUT2D eigenvalue weighted by molar-refractivity contribution is -0.141. The molecule has 0 aliphatic carbocycles. The molecule has 0 aromatic carbocycles. The minimum atomic E-state index is -0.937. The summed E-state index contributed by atoms with van der Waals surface area (Å²) in [5.41, 5.74) is 5.10. The summed E-state index contributed by atoms with van der Waals surface area (Å²) in [5, 5.41) is 8.62. The molecule has 1 atom stereocenters. The van der Waals surface area contributed by atoms with Crippen molar-refractivity contribution >= 4 is 11.9 Å². The van der Waals surface area contributed by atoms with Gasteiger partial charge in [-0.3, -0.25) is 9.59 Å². The van der Waals surface area contributed by atoms with Gasteiger partial charge < -0.3 is 20.5 Å². The number of rotatable bonds is 6. The van der Waals surface area contributed by atoms with Crippen LogP contribution in [0.1, 0.15) is 33.1 Å². The van der Waals surface area contributed by atoms with Crippen LogP contribution in [0.5, 0.6) is 0 Å². The normalized spacial score (nSPS) is 23.3. The predicted molar refractivity (Wildman–Crippen MR) is 66.1 cm³/mol. The molecule has 1 aliphatic rings. The van der Waals surface area contributed by atoms with E-state index in [4.69, 9.17) is 15.6 Å². The molecule has 1 aliphatic heterocycles. The Labute approximate surface area is 107 Å². The van der Waals surface area contributed by atoms with Gasteiger partial charge in [-0.05, 0) is 26.7 Å². The van der Waals surface area contributed by atoms with E-state index < -0.39 is 11.5 Å². The Morgan fingerprint density at radius 2 is 2.17 bits per heavy atom. The van der Waals surface area contributed by atoms with Crippen molar-refractivity contribution in [2.24, 2.45) is 5.73 Å². The maximum absolute atomic E-state index is 12.4. The van der Waals surface area contributed by atoms with Gasteiger partial charge in [0, 0.05) is 25.6 Å². The van der Waals surface area contributed by atoms with Crippen molar-refractivity contribution in [1.29, 1.82) is 0 Å². The van der Waals surface area contributed by atoms with Crippen LogP contribution < -0.4 is 5.73 Å². The summed E-state index contributed by atoms with van der Waals surface area (Å²) < 4.78 is 5.19. The predicted octanol–water partition coefficient (Wildman–Crippen LogP) is 0.206. The van der Waals surface area contributed by atoms with Gasteiger partial charge in [0.05, 0.1) is 6.61 Å². The number of carboxylic acids is 1. The molecule has 6 nitrogen and oxygen atoms in total. The van der Waals surface area contributed by atoms with E-state index in [0.717, 1.165) is 0 Å². The smallest absolute Gasteiger partial charge is 0.303 e. The quantitative estimate of drug-likeness (QED) is 0.710. The van der Waals surface area contributed by atoms with E-state index in [1.165, 1.54) is 0 Å². The number of aliphatic carboxylic acids is 1. The van der Waals surface area contributed by atoms with Gasteiger partial charge in [-0.1, -0.05) is 0 Å². The molecule has 0 spiro atoms. The Bertz CT molecular complexity index is 311. The van der Waals surface area contributed by atoms with Crippen LogP contribution in [0.3, 0.4) is 0 Å². The summed E-state index contributed by atoms with van der Waals surface area (Å²) in [5.74, 6) is -0.988. The molecule has 18 heavy (non-hydrogen) atoms. The number of nitrogens with zero attached hydrogens (tertiary/aromatic N) is 1. The van der Waals surface area contributed by atoms with E-state index in [9.17, 15) is 9.59 Å². The van der Waals surface area contributed by atoms with Gasteiger partial charge in [0.15, 0.2) is 0 Å². The van der Waals surface area contributed by atoms with Gasteiger partial charge >= 0.3 is 5.97 Å². The molecule has 3 N–H and O–H groups in total. The third kappa shape index (κ3) is 3.68. The monoisotopic (exact) mass is 258 g/mol. The Kier molecular flexibility index (Phi) is 5.10. The van der Waals surface area contributed by atoms with Crippen LogP contribution in [0, 0.1) is 0 Å². The second-order valence-electron chi connectivity index (χ2n) is 5.05. The highest BCUT2D eigenvalue weighted by Gasteiger charge is 2.41. The van der Waals surface area contributed by atoms with Crippen molar-refractivity contribution in [3.63, 3.8) is 0 Å². The lowest BCUT2D eigenvalue weighted by Crippen LogP contribution is -2.57. The molecule has 0 radical (unpaired) electrons. The molecule has 0 aromatic heterocycles. The minimum absolute atomic E-state index is 0.00678. The van der Waals surface area contributed by atoms with Crippen molar-refractivity contribution < 1.29 is 19.4 Å². The molecule has 6 heteroatoms. The van der Waals surface area contributed by atoms with Gasteiger partial charge in [-0.2, -0.15) is 0 Å². The fourth-order valence-electron chi connectivity index (χ4n) is 2.03. The highest BCUT2D eigenvalue weighted by molar-refractivity contribution is 5.87. The zero-order valence-corrected chi connectivity index (χ0v) is 11.0. The summed E-state index contributed by atoms with van der Waals surface area (Å²) in [4.78, 5) is 24.5. The summed E-state index contributed by atoms with van der Waals surface area (Å²) >= 11 is 0. The number of hydrogen-bond acceptors (Lipinski definition) is 4. The lowest BCUT2D eigenvalue weighted by atomic mass is 9.97. The van der Waals surface area contributed by atoms with E-state index in [1.54, 1.807) is 4.90 Å². The van der Waals surface area contributed by atoms with Crippen molar-refractivity contribution in [2.45, 2.75) is 44.7 Å². The van der Waals surface area contributed by atoms with Crippen molar-refractivity contribution in [2.75, 3.05) is 19.8 Å². The van der Waals surface area contributed by atoms with Crippen LogP contribution in [-0.4, -0.2) is 53.2 Å². The van der Waals surface area contributed by atoms with Gasteiger partial charge in [0.1, 0.15) is 5.54 Å². The highest BCUT2D eigenvalue weighted by Crippen LogP contribution is 2.20. The SMILES string of the molecule is CC(C)N(CCCC(=O)O)C(=O)C1(N)CCOC1. The van der Waals surface area contributed by atoms with E-state index >= 15 is 0 Å². The van der Waals surface area contributed by atoms with Crippen LogP contribution in [0.2, 0.25) is 0 Å². The molecule has 1 fully saturated rings. The molecule has 1 unspecified atom stereocenters. The summed E-state index contributed by atoms with van der Waals surface area (Å²) in [6.07, 6.45) is 1.02. The van der Waals surface area contributed by atoms with E-state index in [-0.39, 0.29) is 25.0 Å². The molecule has 0 bridgehead atoms. The van der Waals surface area contributed by atoms with Gasteiger partial charge in [-0.25, -0.2) is 0 Å². The largest absolute Gasteiger partial charge is 0.481 e. The number of carboxylic acid groups (broad SMARTS) is 1. The van der Waals surface area contributed by atoms with Gasteiger partial charge in [0.25, 0.3) is 0 Å². The second kappa shape index (κ2) is 6.15. The Balaban J connectivity index is 2.60. The van der Waals surface area contributed by atoms with E-state index in [0.29, 0.717) is 26.0 Å². The molecule has 1 amide bonds. The summed E-state index contributed by atoms with van der Waals surface area (Å²) in [7, 11) is 0. The average molecular weight is 258 g/mol. The first kappa shape index (κ1) is 14.9. The first-order valence-corrected chi connectivity index (χ1v) is 6.26. The number of carbonyl (C=O) groups excluding carboxylic acids is 1. The Hall–Kier alpha value is -1.14. The number of amides is 1. The van der Waals surface area contributed by atoms with E-state index in [1.807, 2.05) is 13.8 Å². The average Bonchev–Trinajstić information content (AvgIpc) is 2.71. The van der Waals surface area contributed by atoms with Crippen LogP contribution in [-0.2, 0) is 14.3 Å². The van der Waals surface area contributed by atoms with Crippen molar-refractivity contribution in [3.05, 3.63) is 0 Å². The number of ether oxygens (including phenoxy) is 1. The topological polar surface area (TPSA) is 92.9 Å². The van der Waals surface area contributed by atoms with E-state index in [2.05, 4.69) is 0 Å². The van der Waals surface area contributed by atoms with Crippen LogP contribution >= 0.6 is 0 Å². The van der Waals surface area contributed by atoms with Crippen molar-refractivity contribution in [1.82, 2.24) is 4.90 Å².